The third-order valence-corrected chi connectivity index (χ3v) is 5.31. The number of hydrogen-bond donors (Lipinski definition) is 1. The molecule has 0 saturated heterocycles. The van der Waals surface area contributed by atoms with E-state index in [4.69, 9.17) is 0 Å². The summed E-state index contributed by atoms with van der Waals surface area (Å²) in [5, 5.41) is 16.6. The Morgan fingerprint density at radius 3 is 2.73 bits per heavy atom. The van der Waals surface area contributed by atoms with E-state index in [1.807, 2.05) is 42.0 Å². The Morgan fingerprint density at radius 2 is 2.04 bits per heavy atom. The maximum absolute atomic E-state index is 12.4. The number of nitro benzene ring substituents is 1. The summed E-state index contributed by atoms with van der Waals surface area (Å²) in [4.78, 5) is 28.4. The molecule has 3 aromatic rings. The van der Waals surface area contributed by atoms with Crippen molar-refractivity contribution in [3.8, 4) is 10.6 Å². The van der Waals surface area contributed by atoms with E-state index in [1.165, 1.54) is 35.2 Å². The standard InChI is InChI=1S/C18H15N3O3S2/c1-25-14-7-8-16(21(23)24)15(9-14)17(22)19-10-13-11-26-18(20-13)12-5-3-2-4-6-12/h2-9,11H,10H2,1H3,(H,19,22). The van der Waals surface area contributed by atoms with Gasteiger partial charge in [-0.1, -0.05) is 30.3 Å². The fourth-order valence-electron chi connectivity index (χ4n) is 2.35. The highest BCUT2D eigenvalue weighted by Gasteiger charge is 2.20. The summed E-state index contributed by atoms with van der Waals surface area (Å²) >= 11 is 2.91. The number of hydrogen-bond acceptors (Lipinski definition) is 6. The third-order valence-electron chi connectivity index (χ3n) is 3.65. The van der Waals surface area contributed by atoms with Gasteiger partial charge < -0.3 is 5.32 Å². The van der Waals surface area contributed by atoms with Crippen LogP contribution in [0.2, 0.25) is 0 Å². The van der Waals surface area contributed by atoms with Crippen molar-refractivity contribution in [2.24, 2.45) is 0 Å². The van der Waals surface area contributed by atoms with Gasteiger partial charge in [0.1, 0.15) is 10.6 Å². The zero-order valence-corrected chi connectivity index (χ0v) is 15.5. The van der Waals surface area contributed by atoms with E-state index in [0.29, 0.717) is 5.69 Å². The number of rotatable bonds is 6. The number of nitrogens with zero attached hydrogens (tertiary/aromatic N) is 2. The van der Waals surface area contributed by atoms with E-state index in [1.54, 1.807) is 6.07 Å². The van der Waals surface area contributed by atoms with E-state index in [9.17, 15) is 14.9 Å². The lowest BCUT2D eigenvalue weighted by atomic mass is 10.1. The Bertz CT molecular complexity index is 942. The number of amides is 1. The first-order valence-corrected chi connectivity index (χ1v) is 9.79. The lowest BCUT2D eigenvalue weighted by Crippen LogP contribution is -2.24. The Hall–Kier alpha value is -2.71. The summed E-state index contributed by atoms with van der Waals surface area (Å²) in [6.45, 7) is 0.211. The molecule has 0 radical (unpaired) electrons. The zero-order chi connectivity index (χ0) is 18.5. The summed E-state index contributed by atoms with van der Waals surface area (Å²) in [6.07, 6.45) is 1.85. The molecular formula is C18H15N3O3S2. The molecule has 0 saturated carbocycles. The van der Waals surface area contributed by atoms with Crippen molar-refractivity contribution < 1.29 is 9.72 Å². The summed E-state index contributed by atoms with van der Waals surface area (Å²) in [5.74, 6) is -0.484. The monoisotopic (exact) mass is 385 g/mol. The van der Waals surface area contributed by atoms with Crippen LogP contribution in [0.15, 0.2) is 58.8 Å². The van der Waals surface area contributed by atoms with Crippen molar-refractivity contribution >= 4 is 34.7 Å². The molecule has 0 unspecified atom stereocenters. The molecule has 132 valence electrons. The number of carbonyl (C=O) groups excluding carboxylic acids is 1. The second-order valence-corrected chi connectivity index (χ2v) is 7.07. The average molecular weight is 385 g/mol. The highest BCUT2D eigenvalue weighted by molar-refractivity contribution is 7.98. The van der Waals surface area contributed by atoms with Crippen LogP contribution in [0.5, 0.6) is 0 Å². The Kier molecular flexibility index (Phi) is 5.65. The maximum Gasteiger partial charge on any atom is 0.282 e. The molecule has 3 rings (SSSR count). The van der Waals surface area contributed by atoms with E-state index >= 15 is 0 Å². The molecule has 0 aliphatic rings. The van der Waals surface area contributed by atoms with E-state index < -0.39 is 10.8 Å². The van der Waals surface area contributed by atoms with Crippen molar-refractivity contribution in [2.45, 2.75) is 11.4 Å². The zero-order valence-electron chi connectivity index (χ0n) is 13.8. The van der Waals surface area contributed by atoms with Crippen LogP contribution in [0.1, 0.15) is 16.1 Å². The van der Waals surface area contributed by atoms with Crippen LogP contribution in [0.3, 0.4) is 0 Å². The summed E-state index contributed by atoms with van der Waals surface area (Å²) in [5.41, 5.74) is 1.58. The predicted molar refractivity (Wildman–Crippen MR) is 104 cm³/mol. The quantitative estimate of drug-likeness (QED) is 0.387. The van der Waals surface area contributed by atoms with Gasteiger partial charge in [-0.05, 0) is 18.4 Å². The van der Waals surface area contributed by atoms with Gasteiger partial charge in [-0.3, -0.25) is 14.9 Å². The summed E-state index contributed by atoms with van der Waals surface area (Å²) < 4.78 is 0. The van der Waals surface area contributed by atoms with Crippen molar-refractivity contribution in [1.82, 2.24) is 10.3 Å². The van der Waals surface area contributed by atoms with Crippen molar-refractivity contribution in [2.75, 3.05) is 6.26 Å². The van der Waals surface area contributed by atoms with Crippen LogP contribution in [0, 0.1) is 10.1 Å². The van der Waals surface area contributed by atoms with E-state index in [0.717, 1.165) is 15.5 Å². The van der Waals surface area contributed by atoms with E-state index in [2.05, 4.69) is 10.3 Å². The van der Waals surface area contributed by atoms with Gasteiger partial charge in [-0.15, -0.1) is 23.1 Å². The molecule has 2 aromatic carbocycles. The normalized spacial score (nSPS) is 10.5. The number of benzene rings is 2. The smallest absolute Gasteiger partial charge is 0.282 e. The van der Waals surface area contributed by atoms with Gasteiger partial charge in [-0.25, -0.2) is 4.98 Å². The second-order valence-electron chi connectivity index (χ2n) is 5.33. The second kappa shape index (κ2) is 8.11. The predicted octanol–water partition coefficient (Wildman–Crippen LogP) is 4.37. The lowest BCUT2D eigenvalue weighted by Gasteiger charge is -2.06. The SMILES string of the molecule is CSc1ccc([N+](=O)[O-])c(C(=O)NCc2csc(-c3ccccc3)n2)c1. The first kappa shape index (κ1) is 18.1. The minimum absolute atomic E-state index is 0.0559. The first-order valence-electron chi connectivity index (χ1n) is 7.69. The molecule has 1 N–H and O–H groups in total. The summed E-state index contributed by atoms with van der Waals surface area (Å²) in [6, 6.07) is 14.3. The van der Waals surface area contributed by atoms with Crippen molar-refractivity contribution in [3.63, 3.8) is 0 Å². The highest BCUT2D eigenvalue weighted by atomic mass is 32.2. The first-order chi connectivity index (χ1) is 12.6. The van der Waals surface area contributed by atoms with Crippen LogP contribution >= 0.6 is 23.1 Å². The fourth-order valence-corrected chi connectivity index (χ4v) is 3.62. The van der Waals surface area contributed by atoms with Crippen molar-refractivity contribution in [3.05, 3.63) is 75.3 Å². The molecule has 0 aliphatic heterocycles. The average Bonchev–Trinajstić information content (AvgIpc) is 3.15. The third kappa shape index (κ3) is 4.09. The van der Waals surface area contributed by atoms with Crippen LogP contribution in [-0.4, -0.2) is 22.1 Å². The van der Waals surface area contributed by atoms with Gasteiger partial charge in [0.25, 0.3) is 11.6 Å². The minimum atomic E-state index is -0.546. The minimum Gasteiger partial charge on any atom is -0.346 e. The Morgan fingerprint density at radius 1 is 1.27 bits per heavy atom. The molecule has 1 amide bonds. The maximum atomic E-state index is 12.4. The molecular weight excluding hydrogens is 370 g/mol. The number of thioether (sulfide) groups is 1. The lowest BCUT2D eigenvalue weighted by molar-refractivity contribution is -0.385. The van der Waals surface area contributed by atoms with Crippen LogP contribution in [0.25, 0.3) is 10.6 Å². The van der Waals surface area contributed by atoms with Crippen LogP contribution < -0.4 is 5.32 Å². The van der Waals surface area contributed by atoms with Gasteiger partial charge in [0.15, 0.2) is 0 Å². The van der Waals surface area contributed by atoms with Gasteiger partial charge in [-0.2, -0.15) is 0 Å². The molecule has 1 aromatic heterocycles. The van der Waals surface area contributed by atoms with Gasteiger partial charge in [0.2, 0.25) is 0 Å². The number of aromatic nitrogens is 1. The van der Waals surface area contributed by atoms with Crippen LogP contribution in [-0.2, 0) is 6.54 Å². The van der Waals surface area contributed by atoms with Crippen molar-refractivity contribution in [1.29, 1.82) is 0 Å². The number of thiazole rings is 1. The molecule has 8 heteroatoms. The van der Waals surface area contributed by atoms with Crippen LogP contribution in [0.4, 0.5) is 5.69 Å². The van der Waals surface area contributed by atoms with Gasteiger partial charge in [0.05, 0.1) is 17.2 Å². The molecule has 0 atom stereocenters. The molecule has 26 heavy (non-hydrogen) atoms. The van der Waals surface area contributed by atoms with Gasteiger partial charge in [0, 0.05) is 21.9 Å². The van der Waals surface area contributed by atoms with E-state index in [-0.39, 0.29) is 17.8 Å². The largest absolute Gasteiger partial charge is 0.346 e. The summed E-state index contributed by atoms with van der Waals surface area (Å²) in [7, 11) is 0. The molecule has 0 fully saturated rings. The Labute approximate surface area is 158 Å². The van der Waals surface area contributed by atoms with Gasteiger partial charge >= 0.3 is 0 Å². The number of nitro groups is 1. The molecule has 0 spiro atoms. The number of carbonyl (C=O) groups is 1. The fraction of sp³-hybridized carbons (Fsp3) is 0.111. The topological polar surface area (TPSA) is 85.1 Å². The highest BCUT2D eigenvalue weighted by Crippen LogP contribution is 2.25. The molecule has 0 bridgehead atoms. The molecule has 6 nitrogen and oxygen atoms in total. The molecule has 0 aliphatic carbocycles. The molecule has 1 heterocycles. The number of nitrogens with one attached hydrogen (secondary N) is 1. The Balaban J connectivity index is 1.73.